The molecule has 8 heteroatoms. The van der Waals surface area contributed by atoms with Crippen molar-refractivity contribution in [3.63, 3.8) is 0 Å². The number of carbonyl (C=O) groups excluding carboxylic acids is 2. The Bertz CT molecular complexity index is 1210. The van der Waals surface area contributed by atoms with E-state index in [1.807, 2.05) is 13.0 Å². The molecule has 0 fully saturated rings. The Morgan fingerprint density at radius 2 is 1.79 bits per heavy atom. The monoisotopic (exact) mass is 480 g/mol. The molecular weight excluding hydrogens is 460 g/mol. The standard InChI is InChI=1S/C25H21ClN2O4S/c1-3-31-20-11-5-16(6-12-20)13-18(14-27)23(29)28-24-22(25(30)32-4-2)21(15-33-24)17-7-9-19(26)10-8-17/h5-13,15H,3-4H2,1-2H3,(H,28,29)/b18-13+. The number of anilines is 1. The van der Waals surface area contributed by atoms with Gasteiger partial charge in [0, 0.05) is 16.0 Å². The van der Waals surface area contributed by atoms with Crippen LogP contribution >= 0.6 is 22.9 Å². The van der Waals surface area contributed by atoms with Gasteiger partial charge in [-0.2, -0.15) is 5.26 Å². The first kappa shape index (κ1) is 24.1. The minimum absolute atomic E-state index is 0.101. The maximum absolute atomic E-state index is 12.9. The van der Waals surface area contributed by atoms with Gasteiger partial charge in [-0.25, -0.2) is 4.79 Å². The molecule has 0 bridgehead atoms. The van der Waals surface area contributed by atoms with Crippen LogP contribution in [0.25, 0.3) is 17.2 Å². The molecule has 1 amide bonds. The van der Waals surface area contributed by atoms with Crippen molar-refractivity contribution in [3.8, 4) is 22.9 Å². The van der Waals surface area contributed by atoms with Gasteiger partial charge in [0.2, 0.25) is 0 Å². The Morgan fingerprint density at radius 1 is 1.09 bits per heavy atom. The van der Waals surface area contributed by atoms with Crippen molar-refractivity contribution in [3.05, 3.63) is 75.6 Å². The summed E-state index contributed by atoms with van der Waals surface area (Å²) in [5.74, 6) is -0.487. The first-order valence-electron chi connectivity index (χ1n) is 10.2. The summed E-state index contributed by atoms with van der Waals surface area (Å²) in [6.07, 6.45) is 1.48. The van der Waals surface area contributed by atoms with E-state index in [0.29, 0.717) is 33.5 Å². The van der Waals surface area contributed by atoms with Crippen molar-refractivity contribution in [2.24, 2.45) is 0 Å². The number of halogens is 1. The molecule has 0 radical (unpaired) electrons. The van der Waals surface area contributed by atoms with Gasteiger partial charge < -0.3 is 14.8 Å². The predicted octanol–water partition coefficient (Wildman–Crippen LogP) is 6.19. The van der Waals surface area contributed by atoms with E-state index < -0.39 is 11.9 Å². The number of hydrogen-bond acceptors (Lipinski definition) is 6. The van der Waals surface area contributed by atoms with Gasteiger partial charge >= 0.3 is 5.97 Å². The molecule has 1 N–H and O–H groups in total. The van der Waals surface area contributed by atoms with Crippen molar-refractivity contribution in [1.29, 1.82) is 5.26 Å². The molecule has 0 spiro atoms. The topological polar surface area (TPSA) is 88.4 Å². The second-order valence-corrected chi connectivity index (χ2v) is 8.02. The first-order valence-corrected chi connectivity index (χ1v) is 11.4. The molecule has 0 atom stereocenters. The normalized spacial score (nSPS) is 10.9. The Labute approximate surface area is 201 Å². The van der Waals surface area contributed by atoms with Crippen LogP contribution in [0.5, 0.6) is 5.75 Å². The third-order valence-electron chi connectivity index (χ3n) is 4.52. The van der Waals surface area contributed by atoms with Gasteiger partial charge in [0.1, 0.15) is 28.0 Å². The number of thiophene rings is 1. The summed E-state index contributed by atoms with van der Waals surface area (Å²) in [4.78, 5) is 25.6. The van der Waals surface area contributed by atoms with E-state index in [-0.39, 0.29) is 17.7 Å². The number of nitrogens with one attached hydrogen (secondary N) is 1. The third kappa shape index (κ3) is 6.01. The number of carbonyl (C=O) groups is 2. The van der Waals surface area contributed by atoms with Gasteiger partial charge in [0.05, 0.1) is 13.2 Å². The number of benzene rings is 2. The summed E-state index contributed by atoms with van der Waals surface area (Å²) in [6.45, 7) is 4.32. The fraction of sp³-hybridized carbons (Fsp3) is 0.160. The summed E-state index contributed by atoms with van der Waals surface area (Å²) >= 11 is 7.16. The van der Waals surface area contributed by atoms with E-state index in [4.69, 9.17) is 21.1 Å². The molecule has 168 valence electrons. The molecule has 33 heavy (non-hydrogen) atoms. The van der Waals surface area contributed by atoms with Crippen LogP contribution < -0.4 is 10.1 Å². The highest BCUT2D eigenvalue weighted by atomic mass is 35.5. The molecular formula is C25H21ClN2O4S. The van der Waals surface area contributed by atoms with Crippen molar-refractivity contribution in [1.82, 2.24) is 0 Å². The number of amides is 1. The maximum Gasteiger partial charge on any atom is 0.341 e. The molecule has 0 aliphatic heterocycles. The van der Waals surface area contributed by atoms with Crippen LogP contribution in [0.1, 0.15) is 29.8 Å². The molecule has 2 aromatic carbocycles. The van der Waals surface area contributed by atoms with E-state index >= 15 is 0 Å². The minimum Gasteiger partial charge on any atom is -0.494 e. The van der Waals surface area contributed by atoms with Crippen molar-refractivity contribution >= 4 is 45.9 Å². The Morgan fingerprint density at radius 3 is 2.39 bits per heavy atom. The highest BCUT2D eigenvalue weighted by Crippen LogP contribution is 2.37. The number of ether oxygens (including phenoxy) is 2. The highest BCUT2D eigenvalue weighted by Gasteiger charge is 2.23. The number of hydrogen-bond donors (Lipinski definition) is 1. The van der Waals surface area contributed by atoms with Crippen LogP contribution in [-0.2, 0) is 9.53 Å². The zero-order valence-electron chi connectivity index (χ0n) is 18.1. The lowest BCUT2D eigenvalue weighted by Gasteiger charge is -2.09. The summed E-state index contributed by atoms with van der Waals surface area (Å²) in [7, 11) is 0. The molecule has 3 aromatic rings. The van der Waals surface area contributed by atoms with E-state index in [1.54, 1.807) is 60.8 Å². The molecule has 0 saturated carbocycles. The average Bonchev–Trinajstić information content (AvgIpc) is 3.22. The van der Waals surface area contributed by atoms with Gasteiger partial charge in [0.25, 0.3) is 5.91 Å². The lowest BCUT2D eigenvalue weighted by atomic mass is 10.0. The summed E-state index contributed by atoms with van der Waals surface area (Å²) in [6, 6.07) is 16.0. The van der Waals surface area contributed by atoms with Crippen LogP contribution in [0.3, 0.4) is 0 Å². The molecule has 6 nitrogen and oxygen atoms in total. The smallest absolute Gasteiger partial charge is 0.341 e. The molecule has 0 saturated heterocycles. The van der Waals surface area contributed by atoms with E-state index in [1.165, 1.54) is 17.4 Å². The number of esters is 1. The zero-order valence-corrected chi connectivity index (χ0v) is 19.6. The molecule has 1 aromatic heterocycles. The van der Waals surface area contributed by atoms with E-state index in [2.05, 4.69) is 5.32 Å². The van der Waals surface area contributed by atoms with Crippen LogP contribution in [0, 0.1) is 11.3 Å². The number of nitrogens with zero attached hydrogens (tertiary/aromatic N) is 1. The SMILES string of the molecule is CCOC(=O)c1c(-c2ccc(Cl)cc2)csc1NC(=O)/C(C#N)=C/c1ccc(OCC)cc1. The van der Waals surface area contributed by atoms with E-state index in [0.717, 1.165) is 5.56 Å². The zero-order chi connectivity index (χ0) is 23.8. The molecule has 1 heterocycles. The number of rotatable bonds is 8. The lowest BCUT2D eigenvalue weighted by Crippen LogP contribution is -2.16. The fourth-order valence-corrected chi connectivity index (χ4v) is 4.09. The maximum atomic E-state index is 12.9. The quantitative estimate of drug-likeness (QED) is 0.236. The van der Waals surface area contributed by atoms with Gasteiger partial charge in [-0.05, 0) is 55.3 Å². The lowest BCUT2D eigenvalue weighted by molar-refractivity contribution is -0.112. The van der Waals surface area contributed by atoms with Crippen LogP contribution in [-0.4, -0.2) is 25.1 Å². The Kier molecular flexibility index (Phi) is 8.25. The highest BCUT2D eigenvalue weighted by molar-refractivity contribution is 7.15. The Balaban J connectivity index is 1.90. The predicted molar refractivity (Wildman–Crippen MR) is 131 cm³/mol. The van der Waals surface area contributed by atoms with Gasteiger partial charge in [0.15, 0.2) is 0 Å². The largest absolute Gasteiger partial charge is 0.494 e. The molecule has 0 aliphatic rings. The van der Waals surface area contributed by atoms with Crippen molar-refractivity contribution in [2.75, 3.05) is 18.5 Å². The third-order valence-corrected chi connectivity index (χ3v) is 5.67. The second-order valence-electron chi connectivity index (χ2n) is 6.71. The van der Waals surface area contributed by atoms with Crippen LogP contribution in [0.2, 0.25) is 5.02 Å². The van der Waals surface area contributed by atoms with Gasteiger partial charge in [-0.1, -0.05) is 35.9 Å². The van der Waals surface area contributed by atoms with Crippen molar-refractivity contribution in [2.45, 2.75) is 13.8 Å². The molecule has 0 aliphatic carbocycles. The molecule has 0 unspecified atom stereocenters. The minimum atomic E-state index is -0.624. The second kappa shape index (κ2) is 11.3. The van der Waals surface area contributed by atoms with Crippen LogP contribution in [0.4, 0.5) is 5.00 Å². The van der Waals surface area contributed by atoms with E-state index in [9.17, 15) is 14.9 Å². The Hall–Kier alpha value is -3.60. The fourth-order valence-electron chi connectivity index (χ4n) is 3.01. The van der Waals surface area contributed by atoms with Crippen LogP contribution in [0.15, 0.2) is 59.5 Å². The summed E-state index contributed by atoms with van der Waals surface area (Å²) in [5.41, 5.74) is 2.17. The van der Waals surface area contributed by atoms with Gasteiger partial charge in [-0.3, -0.25) is 4.79 Å². The average molecular weight is 481 g/mol. The summed E-state index contributed by atoms with van der Waals surface area (Å²) in [5, 5.41) is 14.9. The van der Waals surface area contributed by atoms with Crippen molar-refractivity contribution < 1.29 is 19.1 Å². The number of nitriles is 1. The molecule has 3 rings (SSSR count). The summed E-state index contributed by atoms with van der Waals surface area (Å²) < 4.78 is 10.6. The van der Waals surface area contributed by atoms with Gasteiger partial charge in [-0.15, -0.1) is 11.3 Å². The first-order chi connectivity index (χ1) is 16.0.